The van der Waals surface area contributed by atoms with Crippen LogP contribution in [0, 0.1) is 0 Å². The number of hydrogen-bond acceptors (Lipinski definition) is 9. The molecule has 0 amide bonds. The van der Waals surface area contributed by atoms with Crippen LogP contribution < -0.4 is 5.43 Å². The number of rotatable bonds is 9. The van der Waals surface area contributed by atoms with Gasteiger partial charge in [0.1, 0.15) is 6.61 Å². The number of anilines is 1. The lowest BCUT2D eigenvalue weighted by Crippen LogP contribution is -2.28. The Balaban J connectivity index is 2.44. The Morgan fingerprint density at radius 2 is 1.55 bits per heavy atom. The number of hydrazone groups is 1. The van der Waals surface area contributed by atoms with Crippen molar-refractivity contribution in [3.05, 3.63) is 72.5 Å². The Kier molecular flexibility index (Phi) is 9.94. The average Bonchev–Trinajstić information content (AvgIpc) is 2.78. The zero-order chi connectivity index (χ0) is 24.1. The van der Waals surface area contributed by atoms with E-state index in [1.54, 1.807) is 36.4 Å². The Bertz CT molecular complexity index is 1040. The van der Waals surface area contributed by atoms with E-state index in [1.807, 2.05) is 24.3 Å². The van der Waals surface area contributed by atoms with Crippen molar-refractivity contribution in [2.24, 2.45) is 15.3 Å². The highest BCUT2D eigenvalue weighted by molar-refractivity contribution is 5.94. The molecule has 0 fully saturated rings. The summed E-state index contributed by atoms with van der Waals surface area (Å²) in [4.78, 5) is 34.5. The first-order valence-electron chi connectivity index (χ1n) is 9.89. The molecular weight excluding hydrogens is 428 g/mol. The third-order valence-corrected chi connectivity index (χ3v) is 3.69. The van der Waals surface area contributed by atoms with Crippen molar-refractivity contribution in [2.45, 2.75) is 26.9 Å². The van der Waals surface area contributed by atoms with E-state index in [2.05, 4.69) is 20.8 Å². The first-order chi connectivity index (χ1) is 15.8. The first-order valence-corrected chi connectivity index (χ1v) is 9.89. The number of nitrogens with zero attached hydrogens (tertiary/aromatic N) is 3. The van der Waals surface area contributed by atoms with Crippen LogP contribution in [0.1, 0.15) is 20.8 Å². The summed E-state index contributed by atoms with van der Waals surface area (Å²) in [6.45, 7) is 3.18. The molecule has 2 aromatic rings. The normalized spacial score (nSPS) is 12.7. The van der Waals surface area contributed by atoms with Crippen molar-refractivity contribution >= 4 is 35.1 Å². The monoisotopic (exact) mass is 452 g/mol. The molecular formula is C23H24N4O6. The van der Waals surface area contributed by atoms with E-state index in [1.165, 1.54) is 26.8 Å². The third-order valence-electron chi connectivity index (χ3n) is 3.69. The van der Waals surface area contributed by atoms with Crippen LogP contribution in [0.25, 0.3) is 0 Å². The number of azo groups is 1. The first kappa shape index (κ1) is 24.9. The van der Waals surface area contributed by atoms with E-state index in [-0.39, 0.29) is 18.2 Å². The summed E-state index contributed by atoms with van der Waals surface area (Å²) in [5.74, 6) is -2.09. The fraction of sp³-hybridized carbons (Fsp3) is 0.217. The van der Waals surface area contributed by atoms with Crippen LogP contribution in [0.15, 0.2) is 87.8 Å². The lowest BCUT2D eigenvalue weighted by atomic mass is 10.2. The molecule has 0 aliphatic heterocycles. The Morgan fingerprint density at radius 1 is 0.909 bits per heavy atom. The van der Waals surface area contributed by atoms with Crippen LogP contribution in [0.2, 0.25) is 0 Å². The molecule has 0 unspecified atom stereocenters. The minimum Gasteiger partial charge on any atom is -0.461 e. The van der Waals surface area contributed by atoms with Gasteiger partial charge in [-0.3, -0.25) is 19.8 Å². The molecule has 0 heterocycles. The molecule has 0 aliphatic carbocycles. The summed E-state index contributed by atoms with van der Waals surface area (Å²) >= 11 is 0. The maximum atomic E-state index is 11.7. The van der Waals surface area contributed by atoms with Crippen molar-refractivity contribution in [3.63, 3.8) is 0 Å². The van der Waals surface area contributed by atoms with Gasteiger partial charge in [0.15, 0.2) is 17.7 Å². The SMILES string of the molecule is CC(=O)OC[C@@H](OC(C)=O)/C(=C/C(N=Nc1ccccc1)=N/Nc1ccccc1)OC(C)=O. The molecule has 0 radical (unpaired) electrons. The second kappa shape index (κ2) is 13.2. The van der Waals surface area contributed by atoms with E-state index in [9.17, 15) is 14.4 Å². The standard InChI is InChI=1S/C23H24N4O6/c1-16(28)31-15-22(33-18(3)30)21(32-17(2)29)14-23(26-24-19-10-6-4-7-11-19)27-25-20-12-8-5-9-13-20/h4-14,22,24H,15H2,1-3H3/b21-14-,26-23-,27-25?/t22-/m1/s1. The number of carbonyl (C=O) groups is 3. The fourth-order valence-electron chi connectivity index (χ4n) is 2.37. The van der Waals surface area contributed by atoms with E-state index in [0.717, 1.165) is 0 Å². The minimum atomic E-state index is -1.20. The van der Waals surface area contributed by atoms with Crippen LogP contribution in [0.3, 0.4) is 0 Å². The zero-order valence-corrected chi connectivity index (χ0v) is 18.4. The highest BCUT2D eigenvalue weighted by Crippen LogP contribution is 2.15. The maximum absolute atomic E-state index is 11.7. The third kappa shape index (κ3) is 10.0. The predicted octanol–water partition coefficient (Wildman–Crippen LogP) is 4.14. The van der Waals surface area contributed by atoms with Crippen molar-refractivity contribution < 1.29 is 28.6 Å². The number of ether oxygens (including phenoxy) is 3. The van der Waals surface area contributed by atoms with Crippen molar-refractivity contribution in [2.75, 3.05) is 12.0 Å². The van der Waals surface area contributed by atoms with Gasteiger partial charge >= 0.3 is 17.9 Å². The molecule has 1 N–H and O–H groups in total. The Labute approximate surface area is 191 Å². The molecule has 0 saturated carbocycles. The van der Waals surface area contributed by atoms with Crippen molar-refractivity contribution in [1.29, 1.82) is 0 Å². The van der Waals surface area contributed by atoms with Crippen molar-refractivity contribution in [1.82, 2.24) is 0 Å². The van der Waals surface area contributed by atoms with Gasteiger partial charge in [0.2, 0.25) is 0 Å². The number of nitrogens with one attached hydrogen (secondary N) is 1. The Morgan fingerprint density at radius 3 is 2.12 bits per heavy atom. The molecule has 2 rings (SSSR count). The summed E-state index contributed by atoms with van der Waals surface area (Å²) in [5.41, 5.74) is 4.05. The maximum Gasteiger partial charge on any atom is 0.307 e. The molecule has 10 heteroatoms. The number of esters is 3. The second-order valence-electron chi connectivity index (χ2n) is 6.52. The van der Waals surface area contributed by atoms with Crippen LogP contribution in [0.5, 0.6) is 0 Å². The van der Waals surface area contributed by atoms with Gasteiger partial charge in [-0.2, -0.15) is 5.10 Å². The lowest BCUT2D eigenvalue weighted by molar-refractivity contribution is -0.158. The second-order valence-corrected chi connectivity index (χ2v) is 6.52. The number of carbonyl (C=O) groups excluding carboxylic acids is 3. The summed E-state index contributed by atoms with van der Waals surface area (Å²) in [6.07, 6.45) is 0.0603. The average molecular weight is 452 g/mol. The molecule has 2 aromatic carbocycles. The molecule has 1 atom stereocenters. The summed E-state index contributed by atoms with van der Waals surface area (Å²) in [7, 11) is 0. The minimum absolute atomic E-state index is 0.000988. The van der Waals surface area contributed by atoms with Gasteiger partial charge in [0.25, 0.3) is 0 Å². The van der Waals surface area contributed by atoms with Crippen LogP contribution in [0.4, 0.5) is 11.4 Å². The van der Waals surface area contributed by atoms with Gasteiger partial charge in [-0.05, 0) is 24.3 Å². The highest BCUT2D eigenvalue weighted by Gasteiger charge is 2.23. The number of para-hydroxylation sites is 1. The smallest absolute Gasteiger partial charge is 0.307 e. The fourth-order valence-corrected chi connectivity index (χ4v) is 2.37. The number of amidine groups is 1. The lowest BCUT2D eigenvalue weighted by Gasteiger charge is -2.19. The summed E-state index contributed by atoms with van der Waals surface area (Å²) < 4.78 is 15.4. The van der Waals surface area contributed by atoms with Gasteiger partial charge < -0.3 is 14.2 Å². The topological polar surface area (TPSA) is 128 Å². The van der Waals surface area contributed by atoms with E-state index in [0.29, 0.717) is 11.4 Å². The highest BCUT2D eigenvalue weighted by atomic mass is 16.6. The van der Waals surface area contributed by atoms with Gasteiger partial charge in [-0.15, -0.1) is 10.2 Å². The largest absolute Gasteiger partial charge is 0.461 e. The predicted molar refractivity (Wildman–Crippen MR) is 120 cm³/mol. The Hall–Kier alpha value is -4.34. The molecule has 0 aliphatic rings. The van der Waals surface area contributed by atoms with Gasteiger partial charge in [-0.25, -0.2) is 0 Å². The van der Waals surface area contributed by atoms with E-state index in [4.69, 9.17) is 14.2 Å². The molecule has 33 heavy (non-hydrogen) atoms. The molecule has 10 nitrogen and oxygen atoms in total. The number of benzene rings is 2. The molecule has 0 spiro atoms. The van der Waals surface area contributed by atoms with Crippen LogP contribution in [-0.4, -0.2) is 36.5 Å². The molecule has 0 bridgehead atoms. The van der Waals surface area contributed by atoms with Crippen molar-refractivity contribution in [3.8, 4) is 0 Å². The summed E-state index contributed by atoms with van der Waals surface area (Å²) in [5, 5.41) is 12.4. The zero-order valence-electron chi connectivity index (χ0n) is 18.4. The van der Waals surface area contributed by atoms with Gasteiger partial charge in [0, 0.05) is 26.8 Å². The molecule has 0 saturated heterocycles. The van der Waals surface area contributed by atoms with Gasteiger partial charge in [0.05, 0.1) is 11.4 Å². The van der Waals surface area contributed by atoms with E-state index < -0.39 is 24.0 Å². The van der Waals surface area contributed by atoms with E-state index >= 15 is 0 Å². The van der Waals surface area contributed by atoms with Crippen LogP contribution >= 0.6 is 0 Å². The molecule has 0 aromatic heterocycles. The summed E-state index contributed by atoms with van der Waals surface area (Å²) in [6, 6.07) is 18.0. The molecule has 172 valence electrons. The van der Waals surface area contributed by atoms with Gasteiger partial charge in [-0.1, -0.05) is 36.4 Å². The van der Waals surface area contributed by atoms with Crippen LogP contribution in [-0.2, 0) is 28.6 Å². The number of hydrogen-bond donors (Lipinski definition) is 1. The quantitative estimate of drug-likeness (QED) is 0.115.